The van der Waals surface area contributed by atoms with E-state index in [4.69, 9.17) is 4.74 Å². The van der Waals surface area contributed by atoms with Gasteiger partial charge in [0.25, 0.3) is 0 Å². The summed E-state index contributed by atoms with van der Waals surface area (Å²) in [5.41, 5.74) is 0.610. The van der Waals surface area contributed by atoms with E-state index in [-0.39, 0.29) is 16.5 Å². The van der Waals surface area contributed by atoms with Crippen LogP contribution in [0.3, 0.4) is 0 Å². The number of aromatic nitrogens is 2. The molecular weight excluding hydrogens is 519 g/mol. The predicted octanol–water partition coefficient (Wildman–Crippen LogP) is 7.14. The second-order valence-corrected chi connectivity index (χ2v) is 9.93. The number of benzene rings is 1. The molecule has 3 amide bonds. The first-order chi connectivity index (χ1) is 18.3. The van der Waals surface area contributed by atoms with Crippen LogP contribution in [-0.4, -0.2) is 52.8 Å². The molecule has 208 valence electrons. The van der Waals surface area contributed by atoms with Crippen LogP contribution in [0.2, 0.25) is 0 Å². The monoisotopic (exact) mass is 553 g/mol. The van der Waals surface area contributed by atoms with Gasteiger partial charge < -0.3 is 4.74 Å². The highest BCUT2D eigenvalue weighted by Crippen LogP contribution is 2.34. The van der Waals surface area contributed by atoms with Gasteiger partial charge in [-0.3, -0.25) is 4.90 Å². The number of alkyl halides is 3. The van der Waals surface area contributed by atoms with Crippen LogP contribution in [-0.2, 0) is 11.2 Å². The van der Waals surface area contributed by atoms with Gasteiger partial charge >= 0.3 is 18.4 Å². The van der Waals surface area contributed by atoms with E-state index in [0.29, 0.717) is 23.7 Å². The summed E-state index contributed by atoms with van der Waals surface area (Å²) in [4.78, 5) is 28.4. The molecule has 0 N–H and O–H groups in total. The molecule has 2 aromatic rings. The number of hydrogen-bond donors (Lipinski definition) is 0. The second-order valence-electron chi connectivity index (χ2n) is 8.89. The van der Waals surface area contributed by atoms with Gasteiger partial charge in [-0.15, -0.1) is 23.4 Å². The summed E-state index contributed by atoms with van der Waals surface area (Å²) in [6, 6.07) is 7.59. The number of nitrogens with zero attached hydrogens (tertiary/aromatic N) is 5. The molecule has 1 saturated heterocycles. The lowest BCUT2D eigenvalue weighted by Crippen LogP contribution is -2.60. The minimum atomic E-state index is -4.88. The number of allylic oxidation sites excluding steroid dienone is 2. The summed E-state index contributed by atoms with van der Waals surface area (Å²) in [7, 11) is 0. The highest BCUT2D eigenvalue weighted by atomic mass is 32.1. The molecular formula is C26H34F3N5O3S. The van der Waals surface area contributed by atoms with E-state index in [2.05, 4.69) is 17.1 Å². The number of amides is 3. The Morgan fingerprint density at radius 1 is 1.18 bits per heavy atom. The molecule has 1 aromatic heterocycles. The van der Waals surface area contributed by atoms with Crippen LogP contribution in [0.25, 0.3) is 0 Å². The van der Waals surface area contributed by atoms with Gasteiger partial charge in [-0.1, -0.05) is 67.9 Å². The van der Waals surface area contributed by atoms with Crippen LogP contribution in [0.4, 0.5) is 33.6 Å². The Morgan fingerprint density at radius 2 is 1.95 bits per heavy atom. The highest BCUT2D eigenvalue weighted by Gasteiger charge is 2.49. The minimum Gasteiger partial charge on any atom is -0.424 e. The summed E-state index contributed by atoms with van der Waals surface area (Å²) in [5, 5.41) is 8.62. The second kappa shape index (κ2) is 14.1. The largest absolute Gasteiger partial charge is 0.488 e. The standard InChI is InChI=1S/C26H34F3N5O3S/c1-3-5-7-12-16-21-30-31-23(38-21)34-22(17-19-33(24(34)35)26(27,28)29)37-25(36)32(18-13-8-6-4-2)20-14-10-9-11-15-20/h3,5,9-11,14-15,22H,4,6-8,12-13,16-19H2,1-2H3. The number of hydrogen-bond acceptors (Lipinski definition) is 6. The zero-order chi connectivity index (χ0) is 27.5. The van der Waals surface area contributed by atoms with E-state index in [1.165, 1.54) is 4.90 Å². The zero-order valence-corrected chi connectivity index (χ0v) is 22.5. The molecule has 12 heteroatoms. The number of anilines is 2. The van der Waals surface area contributed by atoms with E-state index in [1.54, 1.807) is 24.3 Å². The van der Waals surface area contributed by atoms with Crippen LogP contribution >= 0.6 is 11.3 Å². The Balaban J connectivity index is 1.82. The summed E-state index contributed by atoms with van der Waals surface area (Å²) in [5.74, 6) is 0. The van der Waals surface area contributed by atoms with Crippen molar-refractivity contribution in [1.82, 2.24) is 15.1 Å². The number of carbonyl (C=O) groups is 2. The smallest absolute Gasteiger partial charge is 0.424 e. The number of carbonyl (C=O) groups excluding carboxylic acids is 2. The summed E-state index contributed by atoms with van der Waals surface area (Å²) in [6.07, 6.45) is 2.73. The van der Waals surface area contributed by atoms with Crippen molar-refractivity contribution < 1.29 is 27.5 Å². The van der Waals surface area contributed by atoms with Gasteiger partial charge in [-0.05, 0) is 38.3 Å². The van der Waals surface area contributed by atoms with Gasteiger partial charge in [-0.25, -0.2) is 19.4 Å². The predicted molar refractivity (Wildman–Crippen MR) is 141 cm³/mol. The molecule has 38 heavy (non-hydrogen) atoms. The van der Waals surface area contributed by atoms with Gasteiger partial charge in [-0.2, -0.15) is 0 Å². The van der Waals surface area contributed by atoms with Crippen LogP contribution < -0.4 is 9.80 Å². The number of ether oxygens (including phenoxy) is 1. The Hall–Kier alpha value is -3.15. The quantitative estimate of drug-likeness (QED) is 0.159. The lowest BCUT2D eigenvalue weighted by Gasteiger charge is -2.40. The molecule has 1 aliphatic rings. The minimum absolute atomic E-state index is 0.0306. The fourth-order valence-corrected chi connectivity index (χ4v) is 4.98. The van der Waals surface area contributed by atoms with Crippen molar-refractivity contribution in [3.8, 4) is 0 Å². The first-order valence-corrected chi connectivity index (χ1v) is 13.7. The van der Waals surface area contributed by atoms with E-state index in [1.807, 2.05) is 25.1 Å². The Morgan fingerprint density at radius 3 is 2.63 bits per heavy atom. The fraction of sp³-hybridized carbons (Fsp3) is 0.538. The first kappa shape index (κ1) is 29.4. The molecule has 0 radical (unpaired) electrons. The van der Waals surface area contributed by atoms with Crippen molar-refractivity contribution in [2.75, 3.05) is 22.9 Å². The third-order valence-electron chi connectivity index (χ3n) is 6.05. The van der Waals surface area contributed by atoms with E-state index >= 15 is 0 Å². The van der Waals surface area contributed by atoms with Crippen LogP contribution in [0, 0.1) is 0 Å². The Kier molecular flexibility index (Phi) is 10.9. The van der Waals surface area contributed by atoms with E-state index in [9.17, 15) is 22.8 Å². The molecule has 1 fully saturated rings. The number of urea groups is 1. The van der Waals surface area contributed by atoms with Gasteiger partial charge in [0.2, 0.25) is 5.13 Å². The van der Waals surface area contributed by atoms with Gasteiger partial charge in [0.1, 0.15) is 5.01 Å². The van der Waals surface area contributed by atoms with Gasteiger partial charge in [0.05, 0.1) is 0 Å². The summed E-state index contributed by atoms with van der Waals surface area (Å²) in [6.45, 7) is 3.76. The highest BCUT2D eigenvalue weighted by molar-refractivity contribution is 7.15. The number of aryl methyl sites for hydroxylation is 1. The molecule has 3 rings (SSSR count). The average molecular weight is 554 g/mol. The van der Waals surface area contributed by atoms with Crippen molar-refractivity contribution in [2.45, 2.75) is 77.7 Å². The lowest BCUT2D eigenvalue weighted by atomic mass is 10.2. The van der Waals surface area contributed by atoms with Gasteiger partial charge in [0.15, 0.2) is 6.23 Å². The first-order valence-electron chi connectivity index (χ1n) is 12.9. The SMILES string of the molecule is CC=CCCCc1nnc(N2C(=O)N(C(F)(F)F)CCC2OC(=O)N(CCCCCC)c2ccccc2)s1. The number of rotatable bonds is 12. The molecule has 0 spiro atoms. The molecule has 0 bridgehead atoms. The van der Waals surface area contributed by atoms with E-state index < -0.39 is 31.2 Å². The van der Waals surface area contributed by atoms with Gasteiger partial charge in [0, 0.05) is 31.6 Å². The summed E-state index contributed by atoms with van der Waals surface area (Å²) >= 11 is 1.03. The Labute approximate surface area is 225 Å². The maximum atomic E-state index is 13.6. The van der Waals surface area contributed by atoms with Crippen molar-refractivity contribution in [1.29, 1.82) is 0 Å². The molecule has 1 aliphatic heterocycles. The molecule has 0 saturated carbocycles. The van der Waals surface area contributed by atoms with Crippen molar-refractivity contribution in [3.05, 3.63) is 47.5 Å². The zero-order valence-electron chi connectivity index (χ0n) is 21.7. The molecule has 1 aromatic carbocycles. The third kappa shape index (κ3) is 7.92. The lowest BCUT2D eigenvalue weighted by molar-refractivity contribution is -0.227. The maximum Gasteiger partial charge on any atom is 0.488 e. The number of halogens is 3. The molecule has 8 nitrogen and oxygen atoms in total. The average Bonchev–Trinajstić information content (AvgIpc) is 3.35. The summed E-state index contributed by atoms with van der Waals surface area (Å²) < 4.78 is 46.5. The number of unbranched alkanes of at least 4 members (excludes halogenated alkanes) is 4. The fourth-order valence-electron chi connectivity index (χ4n) is 4.06. The Bertz CT molecular complexity index is 1060. The molecule has 1 unspecified atom stereocenters. The van der Waals surface area contributed by atoms with Crippen LogP contribution in [0.5, 0.6) is 0 Å². The number of para-hydroxylation sites is 1. The van der Waals surface area contributed by atoms with Crippen LogP contribution in [0.15, 0.2) is 42.5 Å². The topological polar surface area (TPSA) is 78.9 Å². The van der Waals surface area contributed by atoms with Crippen molar-refractivity contribution in [2.24, 2.45) is 0 Å². The molecule has 2 heterocycles. The normalized spacial score (nSPS) is 16.3. The molecule has 1 atom stereocenters. The van der Waals surface area contributed by atoms with Crippen molar-refractivity contribution in [3.63, 3.8) is 0 Å². The third-order valence-corrected chi connectivity index (χ3v) is 7.03. The van der Waals surface area contributed by atoms with E-state index in [0.717, 1.165) is 54.8 Å². The van der Waals surface area contributed by atoms with Crippen molar-refractivity contribution >= 4 is 34.3 Å². The maximum absolute atomic E-state index is 13.6. The molecule has 0 aliphatic carbocycles. The van der Waals surface area contributed by atoms with Crippen LogP contribution in [0.1, 0.15) is 63.8 Å².